The highest BCUT2D eigenvalue weighted by atomic mass is 35.5. The summed E-state index contributed by atoms with van der Waals surface area (Å²) in [4.78, 5) is 24.6. The van der Waals surface area contributed by atoms with E-state index in [2.05, 4.69) is 15.5 Å². The zero-order valence-corrected chi connectivity index (χ0v) is 14.8. The molecule has 10 heteroatoms. The summed E-state index contributed by atoms with van der Waals surface area (Å²) in [7, 11) is 0. The number of pyridine rings is 1. The Labute approximate surface area is 154 Å². The summed E-state index contributed by atoms with van der Waals surface area (Å²) in [6, 6.07) is 5.67. The van der Waals surface area contributed by atoms with Crippen molar-refractivity contribution in [1.29, 1.82) is 0 Å². The first-order valence-corrected chi connectivity index (χ1v) is 7.98. The Morgan fingerprint density at radius 1 is 1.35 bits per heavy atom. The SMILES string of the molecule is C/C(=N\Nc1c(Cl)cc([N+](=O)[O-])cc1[N+](=O)[O-])C(C)Cc1cccnc1. The van der Waals surface area contributed by atoms with Crippen molar-refractivity contribution in [2.24, 2.45) is 11.0 Å². The summed E-state index contributed by atoms with van der Waals surface area (Å²) in [5.41, 5.74) is 3.24. The minimum Gasteiger partial charge on any atom is -0.271 e. The first-order valence-electron chi connectivity index (χ1n) is 7.61. The molecule has 0 aliphatic rings. The molecule has 0 spiro atoms. The van der Waals surface area contributed by atoms with Crippen LogP contribution < -0.4 is 5.43 Å². The number of hydrazone groups is 1. The second kappa shape index (κ2) is 8.34. The minimum absolute atomic E-state index is 0.0441. The molecule has 9 nitrogen and oxygen atoms in total. The first kappa shape index (κ1) is 19.3. The van der Waals surface area contributed by atoms with Crippen LogP contribution in [0.4, 0.5) is 17.1 Å². The zero-order chi connectivity index (χ0) is 19.3. The number of nitrogens with zero attached hydrogens (tertiary/aromatic N) is 4. The highest BCUT2D eigenvalue weighted by Gasteiger charge is 2.23. The molecular weight excluding hydrogens is 362 g/mol. The normalized spacial score (nSPS) is 12.5. The Bertz CT molecular complexity index is 857. The van der Waals surface area contributed by atoms with Gasteiger partial charge in [0.1, 0.15) is 0 Å². The van der Waals surface area contributed by atoms with Crippen molar-refractivity contribution < 1.29 is 9.85 Å². The van der Waals surface area contributed by atoms with E-state index in [1.165, 1.54) is 0 Å². The van der Waals surface area contributed by atoms with Gasteiger partial charge >= 0.3 is 5.69 Å². The molecule has 0 radical (unpaired) electrons. The number of aromatic nitrogens is 1. The molecule has 0 bridgehead atoms. The van der Waals surface area contributed by atoms with E-state index in [1.807, 2.05) is 19.1 Å². The first-order chi connectivity index (χ1) is 12.3. The van der Waals surface area contributed by atoms with Crippen molar-refractivity contribution >= 4 is 34.4 Å². The zero-order valence-electron chi connectivity index (χ0n) is 14.0. The second-order valence-electron chi connectivity index (χ2n) is 5.67. The Kier molecular flexibility index (Phi) is 6.18. The maximum Gasteiger partial charge on any atom is 0.302 e. The number of nitro benzene ring substituents is 2. The third-order valence-corrected chi connectivity index (χ3v) is 4.08. The van der Waals surface area contributed by atoms with Gasteiger partial charge < -0.3 is 0 Å². The number of anilines is 1. The van der Waals surface area contributed by atoms with Crippen molar-refractivity contribution in [1.82, 2.24) is 4.98 Å². The van der Waals surface area contributed by atoms with Gasteiger partial charge in [-0.05, 0) is 30.9 Å². The van der Waals surface area contributed by atoms with Gasteiger partial charge in [0, 0.05) is 24.2 Å². The molecule has 1 heterocycles. The monoisotopic (exact) mass is 377 g/mol. The average molecular weight is 378 g/mol. The van der Waals surface area contributed by atoms with Crippen LogP contribution in [0.2, 0.25) is 5.02 Å². The van der Waals surface area contributed by atoms with Crippen LogP contribution in [0.5, 0.6) is 0 Å². The van der Waals surface area contributed by atoms with E-state index in [0.717, 1.165) is 17.7 Å². The van der Waals surface area contributed by atoms with Gasteiger partial charge in [-0.3, -0.25) is 30.6 Å². The minimum atomic E-state index is -0.745. The molecule has 0 amide bonds. The number of rotatable bonds is 7. The summed E-state index contributed by atoms with van der Waals surface area (Å²) in [5, 5.41) is 26.0. The summed E-state index contributed by atoms with van der Waals surface area (Å²) in [6.45, 7) is 3.73. The van der Waals surface area contributed by atoms with Crippen molar-refractivity contribution in [3.05, 3.63) is 67.5 Å². The molecule has 2 rings (SSSR count). The van der Waals surface area contributed by atoms with Crippen LogP contribution >= 0.6 is 11.6 Å². The highest BCUT2D eigenvalue weighted by molar-refractivity contribution is 6.34. The number of non-ortho nitro benzene ring substituents is 1. The molecule has 1 N–H and O–H groups in total. The number of halogens is 1. The molecule has 0 saturated heterocycles. The number of hydrogen-bond donors (Lipinski definition) is 1. The molecule has 2 aromatic rings. The van der Waals surface area contributed by atoms with Gasteiger partial charge in [-0.2, -0.15) is 5.10 Å². The summed E-state index contributed by atoms with van der Waals surface area (Å²) < 4.78 is 0. The topological polar surface area (TPSA) is 124 Å². The second-order valence-corrected chi connectivity index (χ2v) is 6.07. The van der Waals surface area contributed by atoms with E-state index < -0.39 is 21.2 Å². The van der Waals surface area contributed by atoms with Crippen LogP contribution in [0, 0.1) is 26.1 Å². The molecular formula is C16H16ClN5O4. The number of benzene rings is 1. The van der Waals surface area contributed by atoms with Gasteiger partial charge in [0.2, 0.25) is 0 Å². The quantitative estimate of drug-likeness (QED) is 0.437. The average Bonchev–Trinajstić information content (AvgIpc) is 2.60. The number of nitro groups is 2. The molecule has 1 aromatic heterocycles. The van der Waals surface area contributed by atoms with Crippen molar-refractivity contribution in [2.45, 2.75) is 20.3 Å². The van der Waals surface area contributed by atoms with Gasteiger partial charge in [0.25, 0.3) is 5.69 Å². The van der Waals surface area contributed by atoms with E-state index in [9.17, 15) is 20.2 Å². The molecule has 0 saturated carbocycles. The summed E-state index contributed by atoms with van der Waals surface area (Å²) in [5.74, 6) is 0.0441. The predicted octanol–water partition coefficient (Wildman–Crippen LogP) is 4.22. The lowest BCUT2D eigenvalue weighted by Crippen LogP contribution is -2.12. The van der Waals surface area contributed by atoms with Crippen LogP contribution in [0.3, 0.4) is 0 Å². The molecule has 1 unspecified atom stereocenters. The van der Waals surface area contributed by atoms with Crippen molar-refractivity contribution in [2.75, 3.05) is 5.43 Å². The summed E-state index contributed by atoms with van der Waals surface area (Å²) in [6.07, 6.45) is 4.14. The summed E-state index contributed by atoms with van der Waals surface area (Å²) >= 11 is 5.97. The molecule has 0 aliphatic heterocycles. The smallest absolute Gasteiger partial charge is 0.271 e. The van der Waals surface area contributed by atoms with Gasteiger partial charge in [-0.15, -0.1) is 0 Å². The van der Waals surface area contributed by atoms with Crippen LogP contribution in [0.25, 0.3) is 0 Å². The predicted molar refractivity (Wildman–Crippen MR) is 98.6 cm³/mol. The largest absolute Gasteiger partial charge is 0.302 e. The fourth-order valence-corrected chi connectivity index (χ4v) is 2.46. The molecule has 26 heavy (non-hydrogen) atoms. The van der Waals surface area contributed by atoms with Crippen molar-refractivity contribution in [3.8, 4) is 0 Å². The fraction of sp³-hybridized carbons (Fsp3) is 0.250. The number of nitrogens with one attached hydrogen (secondary N) is 1. The Hall–Kier alpha value is -3.07. The fourth-order valence-electron chi connectivity index (χ4n) is 2.21. The maximum atomic E-state index is 11.2. The van der Waals surface area contributed by atoms with Gasteiger partial charge in [0.05, 0.1) is 20.9 Å². The van der Waals surface area contributed by atoms with Gasteiger partial charge in [-0.25, -0.2) is 0 Å². The van der Waals surface area contributed by atoms with Crippen molar-refractivity contribution in [3.63, 3.8) is 0 Å². The lowest BCUT2D eigenvalue weighted by molar-refractivity contribution is -0.393. The Balaban J connectivity index is 2.22. The van der Waals surface area contributed by atoms with E-state index in [4.69, 9.17) is 11.6 Å². The third kappa shape index (κ3) is 4.73. The highest BCUT2D eigenvalue weighted by Crippen LogP contribution is 2.36. The Morgan fingerprint density at radius 2 is 2.08 bits per heavy atom. The lowest BCUT2D eigenvalue weighted by Gasteiger charge is -2.12. The lowest BCUT2D eigenvalue weighted by atomic mass is 9.98. The molecule has 136 valence electrons. The van der Waals surface area contributed by atoms with E-state index in [0.29, 0.717) is 12.1 Å². The maximum absolute atomic E-state index is 11.2. The molecule has 0 fully saturated rings. The Morgan fingerprint density at radius 3 is 2.65 bits per heavy atom. The molecule has 1 aromatic carbocycles. The van der Waals surface area contributed by atoms with Gasteiger partial charge in [0.15, 0.2) is 5.69 Å². The van der Waals surface area contributed by atoms with Crippen LogP contribution in [-0.4, -0.2) is 20.5 Å². The molecule has 0 aliphatic carbocycles. The van der Waals surface area contributed by atoms with Crippen LogP contribution in [0.1, 0.15) is 19.4 Å². The van der Waals surface area contributed by atoms with Crippen LogP contribution in [0.15, 0.2) is 41.8 Å². The van der Waals surface area contributed by atoms with Crippen LogP contribution in [-0.2, 0) is 6.42 Å². The van der Waals surface area contributed by atoms with E-state index >= 15 is 0 Å². The standard InChI is InChI=1S/C16H16ClN5O4/c1-10(6-12-4-3-5-18-9-12)11(2)19-20-16-14(17)7-13(21(23)24)8-15(16)22(25)26/h3-5,7-10,20H,6H2,1-2H3/b19-11+. The third-order valence-electron chi connectivity index (χ3n) is 3.78. The molecule has 1 atom stereocenters. The van der Waals surface area contributed by atoms with Gasteiger partial charge in [-0.1, -0.05) is 24.6 Å². The number of hydrogen-bond acceptors (Lipinski definition) is 7. The van der Waals surface area contributed by atoms with E-state index in [-0.39, 0.29) is 16.6 Å². The van der Waals surface area contributed by atoms with E-state index in [1.54, 1.807) is 19.3 Å².